The van der Waals surface area contributed by atoms with Gasteiger partial charge in [0.1, 0.15) is 23.3 Å². The first-order valence-electron chi connectivity index (χ1n) is 25.5. The highest BCUT2D eigenvalue weighted by molar-refractivity contribution is 5.98. The Kier molecular flexibility index (Phi) is 10.6. The predicted octanol–water partition coefficient (Wildman–Crippen LogP) is 13.3. The second-order valence-corrected chi connectivity index (χ2v) is 19.4. The zero-order valence-electron chi connectivity index (χ0n) is 42.3. The zero-order chi connectivity index (χ0) is 51.8. The average molecular weight is 993 g/mol. The van der Waals surface area contributed by atoms with Crippen LogP contribution in [0.1, 0.15) is 45.6 Å². The van der Waals surface area contributed by atoms with Crippen LogP contribution in [0.4, 0.5) is 0 Å². The highest BCUT2D eigenvalue weighted by Crippen LogP contribution is 2.64. The minimum atomic E-state index is -0.962. The zero-order valence-corrected chi connectivity index (χ0v) is 42.3. The lowest BCUT2D eigenvalue weighted by molar-refractivity contribution is 0.793. The van der Waals surface area contributed by atoms with Gasteiger partial charge in [-0.3, -0.25) is 0 Å². The molecule has 77 heavy (non-hydrogen) atoms. The molecule has 4 aromatic heterocycles. The van der Waals surface area contributed by atoms with Crippen molar-refractivity contribution in [1.82, 2.24) is 59.8 Å². The molecule has 8 aromatic carbocycles. The summed E-state index contributed by atoms with van der Waals surface area (Å²) in [5, 5.41) is 0. The van der Waals surface area contributed by atoms with E-state index in [0.717, 1.165) is 89.0 Å². The van der Waals surface area contributed by atoms with Gasteiger partial charge in [0.05, 0.1) is 5.41 Å². The van der Waals surface area contributed by atoms with Gasteiger partial charge in [0.25, 0.3) is 0 Å². The van der Waals surface area contributed by atoms with Crippen molar-refractivity contribution in [3.8, 4) is 113 Å². The quantitative estimate of drug-likeness (QED) is 0.142. The molecule has 12 nitrogen and oxygen atoms in total. The summed E-state index contributed by atoms with van der Waals surface area (Å²) in [7, 11) is 0. The van der Waals surface area contributed by atoms with Gasteiger partial charge in [-0.05, 0) is 96.5 Å². The monoisotopic (exact) mass is 992 g/mol. The van der Waals surface area contributed by atoms with Crippen LogP contribution in [0.3, 0.4) is 0 Å². The van der Waals surface area contributed by atoms with E-state index < -0.39 is 5.41 Å². The van der Waals surface area contributed by atoms with Gasteiger partial charge in [-0.2, -0.15) is 0 Å². The highest BCUT2D eigenvalue weighted by Gasteiger charge is 2.52. The summed E-state index contributed by atoms with van der Waals surface area (Å²) >= 11 is 0. The maximum absolute atomic E-state index is 5.15. The molecule has 0 amide bonds. The van der Waals surface area contributed by atoms with Crippen molar-refractivity contribution in [1.29, 1.82) is 0 Å². The van der Waals surface area contributed by atoms with Gasteiger partial charge in [0, 0.05) is 44.5 Å². The van der Waals surface area contributed by atoms with Crippen LogP contribution < -0.4 is 0 Å². The fraction of sp³-hybridized carbons (Fsp3) is 0.0769. The van der Waals surface area contributed by atoms with E-state index in [2.05, 4.69) is 72.8 Å². The summed E-state index contributed by atoms with van der Waals surface area (Å²) in [6.45, 7) is 7.67. The van der Waals surface area contributed by atoms with Gasteiger partial charge in [0.2, 0.25) is 0 Å². The number of nitrogens with zero attached hydrogens (tertiary/aromatic N) is 12. The van der Waals surface area contributed by atoms with Crippen LogP contribution in [-0.4, -0.2) is 59.8 Å². The van der Waals surface area contributed by atoms with E-state index >= 15 is 0 Å². The summed E-state index contributed by atoms with van der Waals surface area (Å²) < 4.78 is 0. The number of benzene rings is 8. The molecule has 0 aliphatic heterocycles. The second kappa shape index (κ2) is 18.0. The number of aromatic nitrogens is 12. The van der Waals surface area contributed by atoms with E-state index in [1.54, 1.807) is 0 Å². The first-order valence-corrected chi connectivity index (χ1v) is 25.5. The smallest absolute Gasteiger partial charge is 0.163 e. The topological polar surface area (TPSA) is 155 Å². The van der Waals surface area contributed by atoms with Crippen LogP contribution in [0.2, 0.25) is 0 Å². The van der Waals surface area contributed by atoms with E-state index in [0.29, 0.717) is 69.9 Å². The molecule has 0 unspecified atom stereocenters. The molecule has 2 aliphatic rings. The molecule has 14 rings (SSSR count). The Morgan fingerprint density at radius 3 is 0.610 bits per heavy atom. The molecule has 0 saturated carbocycles. The van der Waals surface area contributed by atoms with Crippen LogP contribution >= 0.6 is 0 Å². The molecule has 2 aliphatic carbocycles. The van der Waals surface area contributed by atoms with Gasteiger partial charge in [-0.15, -0.1) is 0 Å². The van der Waals surface area contributed by atoms with Crippen LogP contribution in [0, 0.1) is 27.7 Å². The molecule has 0 bridgehead atoms. The number of fused-ring (bicyclic) bond motifs is 10. The number of aryl methyl sites for hydroxylation is 4. The first-order chi connectivity index (χ1) is 37.7. The summed E-state index contributed by atoms with van der Waals surface area (Å²) in [4.78, 5) is 59.8. The van der Waals surface area contributed by atoms with Gasteiger partial charge >= 0.3 is 0 Å². The lowest BCUT2D eigenvalue weighted by atomic mass is 9.69. The van der Waals surface area contributed by atoms with Gasteiger partial charge in [0.15, 0.2) is 46.6 Å². The van der Waals surface area contributed by atoms with E-state index in [9.17, 15) is 0 Å². The summed E-state index contributed by atoms with van der Waals surface area (Å²) in [6, 6.07) is 66.6. The van der Waals surface area contributed by atoms with Crippen molar-refractivity contribution in [2.24, 2.45) is 0 Å². The molecule has 12 heteroatoms. The van der Waals surface area contributed by atoms with E-state index in [-0.39, 0.29) is 0 Å². The molecule has 1 spiro atoms. The maximum Gasteiger partial charge on any atom is 0.163 e. The summed E-state index contributed by atoms with van der Waals surface area (Å²) in [5.74, 6) is 7.20. The van der Waals surface area contributed by atoms with Crippen molar-refractivity contribution >= 4 is 0 Å². The molecule has 0 saturated heterocycles. The Hall–Kier alpha value is -10.2. The predicted molar refractivity (Wildman–Crippen MR) is 299 cm³/mol. The minimum absolute atomic E-state index is 0.573. The van der Waals surface area contributed by atoms with Crippen LogP contribution in [0.15, 0.2) is 194 Å². The van der Waals surface area contributed by atoms with Crippen LogP contribution in [-0.2, 0) is 5.41 Å². The van der Waals surface area contributed by atoms with Crippen molar-refractivity contribution in [3.63, 3.8) is 0 Å². The Morgan fingerprint density at radius 1 is 0.208 bits per heavy atom. The third-order valence-corrected chi connectivity index (χ3v) is 14.4. The van der Waals surface area contributed by atoms with Crippen molar-refractivity contribution in [3.05, 3.63) is 240 Å². The molecule has 0 fully saturated rings. The standard InChI is InChI=1S/C65H44N12/c1-37-66-57(41-17-9-5-10-18-41)74-61(70-37)45-25-29-49-50-30-26-46(62-71-38(2)67-58(75-62)42-19-11-6-12-20-42)34-54(50)65(53(49)33-45)55-35-47(63-72-39(3)68-59(76-63)43-21-13-7-14-22-43)27-31-51(55)52-32-28-48(36-56(52)65)64-73-40(4)69-60(77-64)44-23-15-8-16-24-44/h5-36H,1-4H3. The van der Waals surface area contributed by atoms with E-state index in [1.807, 2.05) is 149 Å². The lowest BCUT2D eigenvalue weighted by Crippen LogP contribution is -2.26. The molecular weight excluding hydrogens is 949 g/mol. The van der Waals surface area contributed by atoms with Crippen LogP contribution in [0.5, 0.6) is 0 Å². The van der Waals surface area contributed by atoms with E-state index in [4.69, 9.17) is 59.8 Å². The Labute approximate surface area is 444 Å². The highest BCUT2D eigenvalue weighted by atomic mass is 15.1. The first kappa shape index (κ1) is 45.4. The van der Waals surface area contributed by atoms with Crippen molar-refractivity contribution in [2.45, 2.75) is 33.1 Å². The molecule has 0 atom stereocenters. The molecule has 0 radical (unpaired) electrons. The second-order valence-electron chi connectivity index (χ2n) is 19.4. The fourth-order valence-electron chi connectivity index (χ4n) is 11.1. The minimum Gasteiger partial charge on any atom is -0.213 e. The average Bonchev–Trinajstić information content (AvgIpc) is 4.01. The summed E-state index contributed by atoms with van der Waals surface area (Å²) in [5.41, 5.74) is 14.6. The van der Waals surface area contributed by atoms with E-state index in [1.165, 1.54) is 0 Å². The molecular formula is C65H44N12. The Bertz CT molecular complexity index is 3760. The Morgan fingerprint density at radius 2 is 0.403 bits per heavy atom. The SMILES string of the molecule is Cc1nc(-c2ccccc2)nc(-c2ccc3c(c2)C2(c4cc(-c5nc(C)nc(-c6ccccc6)n5)ccc4-3)c3cc(-c4nc(C)nc(-c5ccccc5)n4)ccc3-c3ccc(-c4nc(C)nc(-c5ccccc5)n4)cc32)n1. The number of hydrogen-bond donors (Lipinski definition) is 0. The molecule has 4 heterocycles. The van der Waals surface area contributed by atoms with Gasteiger partial charge < -0.3 is 0 Å². The third kappa shape index (κ3) is 7.76. The maximum atomic E-state index is 5.15. The number of rotatable bonds is 8. The number of hydrogen-bond acceptors (Lipinski definition) is 12. The molecule has 0 N–H and O–H groups in total. The third-order valence-electron chi connectivity index (χ3n) is 14.4. The normalized spacial score (nSPS) is 12.5. The summed E-state index contributed by atoms with van der Waals surface area (Å²) in [6.07, 6.45) is 0. The largest absolute Gasteiger partial charge is 0.213 e. The fourth-order valence-corrected chi connectivity index (χ4v) is 11.1. The van der Waals surface area contributed by atoms with Crippen molar-refractivity contribution in [2.75, 3.05) is 0 Å². The van der Waals surface area contributed by atoms with Gasteiger partial charge in [-0.25, -0.2) is 59.8 Å². The molecule has 12 aromatic rings. The molecule has 364 valence electrons. The lowest BCUT2D eigenvalue weighted by Gasteiger charge is -2.31. The Balaban J connectivity index is 1.05. The van der Waals surface area contributed by atoms with Gasteiger partial charge in [-0.1, -0.05) is 170 Å². The van der Waals surface area contributed by atoms with Crippen molar-refractivity contribution < 1.29 is 0 Å². The van der Waals surface area contributed by atoms with Crippen LogP contribution in [0.25, 0.3) is 113 Å².